The molecule has 13 N–H and O–H groups in total. The van der Waals surface area contributed by atoms with Gasteiger partial charge in [-0.05, 0) is 37.8 Å². The third-order valence-corrected chi connectivity index (χ3v) is 6.36. The van der Waals surface area contributed by atoms with Gasteiger partial charge in [0.25, 0.3) is 0 Å². The lowest BCUT2D eigenvalue weighted by atomic mass is 10.0. The second-order valence-corrected chi connectivity index (χ2v) is 9.74. The number of rotatable bonds is 17. The Morgan fingerprint density at radius 1 is 0.952 bits per heavy atom. The first-order valence-corrected chi connectivity index (χ1v) is 13.2. The lowest BCUT2D eigenvalue weighted by Crippen LogP contribution is -2.60. The Labute approximate surface area is 241 Å². The smallest absolute Gasteiger partial charge is 0.326 e. The highest BCUT2D eigenvalue weighted by atomic mass is 16.4. The summed E-state index contributed by atoms with van der Waals surface area (Å²) in [6, 6.07) is 1.70. The molecule has 0 fully saturated rings. The van der Waals surface area contributed by atoms with Crippen LogP contribution < -0.4 is 33.2 Å². The number of aliphatic carboxylic acids is 2. The summed E-state index contributed by atoms with van der Waals surface area (Å²) < 4.78 is 0. The van der Waals surface area contributed by atoms with Crippen LogP contribution in [0.15, 0.2) is 35.5 Å². The monoisotopic (exact) mass is 590 g/mol. The summed E-state index contributed by atoms with van der Waals surface area (Å²) in [7, 11) is 0. The van der Waals surface area contributed by atoms with E-state index in [9.17, 15) is 34.2 Å². The number of aliphatic hydroxyl groups excluding tert-OH is 1. The molecule has 2 rings (SSSR count). The van der Waals surface area contributed by atoms with Gasteiger partial charge in [0.05, 0.1) is 12.1 Å². The summed E-state index contributed by atoms with van der Waals surface area (Å²) in [5, 5.41) is 36.6. The van der Waals surface area contributed by atoms with Gasteiger partial charge in [0, 0.05) is 36.5 Å². The van der Waals surface area contributed by atoms with Crippen LogP contribution in [-0.2, 0) is 30.4 Å². The highest BCUT2D eigenvalue weighted by Crippen LogP contribution is 2.19. The fourth-order valence-corrected chi connectivity index (χ4v) is 4.10. The van der Waals surface area contributed by atoms with Crippen molar-refractivity contribution in [2.75, 3.05) is 6.54 Å². The number of guanidine groups is 1. The quantitative estimate of drug-likeness (QED) is 0.0539. The van der Waals surface area contributed by atoms with Crippen LogP contribution in [0.5, 0.6) is 0 Å². The van der Waals surface area contributed by atoms with Gasteiger partial charge in [-0.3, -0.25) is 24.2 Å². The number of aliphatic hydroxyl groups is 1. The van der Waals surface area contributed by atoms with E-state index >= 15 is 0 Å². The SMILES string of the molecule is CC(O)C(NC(=O)C(N)CCCN=C(N)N)C(=O)NC(Cc1c[nH]c2ccccc12)C(=O)NC(CCC(=O)O)C(=O)O. The molecule has 0 spiro atoms. The van der Waals surface area contributed by atoms with Crippen LogP contribution in [0.1, 0.15) is 38.2 Å². The number of aliphatic imine (C=N–C) groups is 1. The zero-order chi connectivity index (χ0) is 31.4. The first-order valence-electron chi connectivity index (χ1n) is 13.2. The maximum Gasteiger partial charge on any atom is 0.326 e. The number of carboxylic acids is 2. The number of fused-ring (bicyclic) bond motifs is 1. The van der Waals surface area contributed by atoms with E-state index in [-0.39, 0.29) is 25.3 Å². The summed E-state index contributed by atoms with van der Waals surface area (Å²) >= 11 is 0. The predicted octanol–water partition coefficient (Wildman–Crippen LogP) is -2.12. The van der Waals surface area contributed by atoms with Gasteiger partial charge in [0.15, 0.2) is 5.96 Å². The molecule has 0 aliphatic carbocycles. The largest absolute Gasteiger partial charge is 0.481 e. The third kappa shape index (κ3) is 10.4. The molecular formula is C26H38N8O8. The molecule has 0 aliphatic rings. The number of carboxylic acid groups (broad SMARTS) is 2. The summed E-state index contributed by atoms with van der Waals surface area (Å²) in [5.41, 5.74) is 17.8. The van der Waals surface area contributed by atoms with Crippen molar-refractivity contribution in [3.8, 4) is 0 Å². The van der Waals surface area contributed by atoms with Crippen molar-refractivity contribution in [3.63, 3.8) is 0 Å². The van der Waals surface area contributed by atoms with Crippen molar-refractivity contribution in [2.24, 2.45) is 22.2 Å². The topological polar surface area (TPSA) is 288 Å². The fourth-order valence-electron chi connectivity index (χ4n) is 4.10. The average molecular weight is 591 g/mol. The lowest BCUT2D eigenvalue weighted by Gasteiger charge is -2.26. The van der Waals surface area contributed by atoms with Gasteiger partial charge in [0.2, 0.25) is 17.7 Å². The van der Waals surface area contributed by atoms with Gasteiger partial charge in [-0.1, -0.05) is 18.2 Å². The molecule has 0 radical (unpaired) electrons. The number of benzene rings is 1. The van der Waals surface area contributed by atoms with E-state index in [0.29, 0.717) is 12.0 Å². The minimum atomic E-state index is -1.54. The third-order valence-electron chi connectivity index (χ3n) is 6.36. The van der Waals surface area contributed by atoms with E-state index < -0.39 is 72.8 Å². The number of hydrogen-bond acceptors (Lipinski definition) is 8. The van der Waals surface area contributed by atoms with E-state index in [1.54, 1.807) is 30.5 Å². The highest BCUT2D eigenvalue weighted by Gasteiger charge is 2.33. The Morgan fingerprint density at radius 2 is 1.62 bits per heavy atom. The van der Waals surface area contributed by atoms with Crippen LogP contribution >= 0.6 is 0 Å². The first-order chi connectivity index (χ1) is 19.8. The molecule has 1 heterocycles. The van der Waals surface area contributed by atoms with Crippen LogP contribution in [-0.4, -0.2) is 92.7 Å². The second-order valence-electron chi connectivity index (χ2n) is 9.74. The number of nitrogens with two attached hydrogens (primary N) is 3. The van der Waals surface area contributed by atoms with Crippen molar-refractivity contribution in [2.45, 2.75) is 69.3 Å². The molecule has 0 saturated carbocycles. The Morgan fingerprint density at radius 3 is 2.24 bits per heavy atom. The fraction of sp³-hybridized carbons (Fsp3) is 0.462. The molecule has 5 unspecified atom stereocenters. The number of nitrogens with one attached hydrogen (secondary N) is 4. The van der Waals surface area contributed by atoms with Gasteiger partial charge >= 0.3 is 11.9 Å². The number of H-pyrrole nitrogens is 1. The van der Waals surface area contributed by atoms with E-state index in [2.05, 4.69) is 25.9 Å². The van der Waals surface area contributed by atoms with Gasteiger partial charge in [-0.25, -0.2) is 4.79 Å². The number of aromatic amines is 1. The van der Waals surface area contributed by atoms with E-state index in [0.717, 1.165) is 10.9 Å². The normalized spacial score (nSPS) is 14.5. The standard InChI is InChI=1S/C26H38N8O8/c1-13(35)21(34-22(38)16(27)6-4-10-30-26(28)29)24(40)33-19(11-14-12-31-17-7-3-2-5-15(14)17)23(39)32-18(25(41)42)8-9-20(36)37/h2-3,5,7,12-13,16,18-19,21,31,35H,4,6,8-11,27H2,1H3,(H,32,39)(H,33,40)(H,34,38)(H,36,37)(H,41,42)(H4,28,29,30). The minimum absolute atomic E-state index is 0.0996. The maximum atomic E-state index is 13.3. The van der Waals surface area contributed by atoms with Crippen molar-refractivity contribution in [1.29, 1.82) is 0 Å². The Hall–Kier alpha value is -4.70. The van der Waals surface area contributed by atoms with Crippen LogP contribution in [0.2, 0.25) is 0 Å². The first kappa shape index (κ1) is 33.5. The number of para-hydroxylation sites is 1. The van der Waals surface area contributed by atoms with Gasteiger partial charge in [-0.2, -0.15) is 0 Å². The molecule has 42 heavy (non-hydrogen) atoms. The lowest BCUT2D eigenvalue weighted by molar-refractivity contribution is -0.143. The molecule has 0 bridgehead atoms. The van der Waals surface area contributed by atoms with E-state index in [1.807, 2.05) is 0 Å². The Balaban J connectivity index is 2.23. The van der Waals surface area contributed by atoms with Crippen molar-refractivity contribution >= 4 is 46.5 Å². The van der Waals surface area contributed by atoms with Gasteiger partial charge in [0.1, 0.15) is 18.1 Å². The molecule has 0 saturated heterocycles. The molecule has 16 nitrogen and oxygen atoms in total. The zero-order valence-corrected chi connectivity index (χ0v) is 23.1. The summed E-state index contributed by atoms with van der Waals surface area (Å²) in [6.07, 6.45) is -0.228. The van der Waals surface area contributed by atoms with E-state index in [1.165, 1.54) is 6.92 Å². The number of carbonyl (C=O) groups is 5. The molecular weight excluding hydrogens is 552 g/mol. The molecule has 1 aromatic heterocycles. The van der Waals surface area contributed by atoms with Crippen LogP contribution in [0.25, 0.3) is 10.9 Å². The van der Waals surface area contributed by atoms with E-state index in [4.69, 9.17) is 22.3 Å². The summed E-state index contributed by atoms with van der Waals surface area (Å²) in [6.45, 7) is 1.49. The van der Waals surface area contributed by atoms with Crippen molar-refractivity contribution in [3.05, 3.63) is 36.0 Å². The molecule has 3 amide bonds. The summed E-state index contributed by atoms with van der Waals surface area (Å²) in [5.74, 6) is -5.38. The maximum absolute atomic E-state index is 13.3. The number of amides is 3. The van der Waals surface area contributed by atoms with Crippen molar-refractivity contribution in [1.82, 2.24) is 20.9 Å². The van der Waals surface area contributed by atoms with Crippen molar-refractivity contribution < 1.29 is 39.3 Å². The molecule has 2 aromatic rings. The molecule has 0 aliphatic heterocycles. The molecule has 5 atom stereocenters. The molecule has 16 heteroatoms. The second kappa shape index (κ2) is 15.9. The average Bonchev–Trinajstić information content (AvgIpc) is 3.33. The van der Waals surface area contributed by atoms with Crippen LogP contribution in [0.4, 0.5) is 0 Å². The van der Waals surface area contributed by atoms with Gasteiger partial charge in [-0.15, -0.1) is 0 Å². The zero-order valence-electron chi connectivity index (χ0n) is 23.1. The predicted molar refractivity (Wildman–Crippen MR) is 152 cm³/mol. The Kier molecular flexibility index (Phi) is 12.7. The molecule has 230 valence electrons. The number of carbonyl (C=O) groups excluding carboxylic acids is 3. The summed E-state index contributed by atoms with van der Waals surface area (Å²) in [4.78, 5) is 68.7. The highest BCUT2D eigenvalue weighted by molar-refractivity contribution is 5.95. The number of hydrogen-bond donors (Lipinski definition) is 10. The minimum Gasteiger partial charge on any atom is -0.481 e. The van der Waals surface area contributed by atoms with Crippen LogP contribution in [0.3, 0.4) is 0 Å². The van der Waals surface area contributed by atoms with Crippen LogP contribution in [0, 0.1) is 0 Å². The Bertz CT molecular complexity index is 1290. The molecule has 1 aromatic carbocycles. The number of aromatic nitrogens is 1. The van der Waals surface area contributed by atoms with Gasteiger partial charge < -0.3 is 53.5 Å². The number of nitrogens with zero attached hydrogens (tertiary/aromatic N) is 1.